The zero-order valence-electron chi connectivity index (χ0n) is 17.5. The van der Waals surface area contributed by atoms with Crippen molar-refractivity contribution < 1.29 is 14.2 Å². The molecule has 1 N–H and O–H groups in total. The summed E-state index contributed by atoms with van der Waals surface area (Å²) in [5, 5.41) is 4.25. The Kier molecular flexibility index (Phi) is 6.77. The molecule has 7 nitrogen and oxygen atoms in total. The number of methoxy groups -OCH3 is 1. The molecule has 7 heteroatoms. The van der Waals surface area contributed by atoms with E-state index in [1.54, 1.807) is 7.11 Å². The largest absolute Gasteiger partial charge is 0.474 e. The van der Waals surface area contributed by atoms with Gasteiger partial charge >= 0.3 is 0 Å². The van der Waals surface area contributed by atoms with E-state index in [4.69, 9.17) is 24.2 Å². The molecule has 2 aromatic rings. The van der Waals surface area contributed by atoms with Gasteiger partial charge in [-0.3, -0.25) is 0 Å². The molecular formula is C22H32N4O3. The quantitative estimate of drug-likeness (QED) is 0.750. The Morgan fingerprint density at radius 3 is 2.66 bits per heavy atom. The number of nitrogens with zero attached hydrogens (tertiary/aromatic N) is 3. The summed E-state index contributed by atoms with van der Waals surface area (Å²) in [5.41, 5.74) is 2.19. The van der Waals surface area contributed by atoms with E-state index in [-0.39, 0.29) is 12.1 Å². The second-order valence-electron chi connectivity index (χ2n) is 8.24. The monoisotopic (exact) mass is 400 g/mol. The molecule has 2 aromatic heterocycles. The molecule has 0 radical (unpaired) electrons. The lowest BCUT2D eigenvalue weighted by Gasteiger charge is -2.25. The van der Waals surface area contributed by atoms with E-state index in [1.165, 1.54) is 37.7 Å². The van der Waals surface area contributed by atoms with Crippen molar-refractivity contribution in [3.8, 4) is 5.88 Å². The number of nitrogens with one attached hydrogen (secondary N) is 1. The van der Waals surface area contributed by atoms with Gasteiger partial charge < -0.3 is 19.5 Å². The molecule has 0 bridgehead atoms. The van der Waals surface area contributed by atoms with E-state index in [0.29, 0.717) is 24.4 Å². The SMILES string of the molecule is COC[C@@H](C)Nc1ncc2c(OC3CCOCC3)ncc(C3CCCCC3)c2n1. The van der Waals surface area contributed by atoms with Crippen molar-refractivity contribution in [2.45, 2.75) is 69.9 Å². The first-order chi connectivity index (χ1) is 14.2. The van der Waals surface area contributed by atoms with Gasteiger partial charge in [-0.1, -0.05) is 19.3 Å². The topological polar surface area (TPSA) is 78.4 Å². The Hall–Kier alpha value is -1.99. The first kappa shape index (κ1) is 20.3. The van der Waals surface area contributed by atoms with Gasteiger partial charge in [0.1, 0.15) is 6.10 Å². The Morgan fingerprint density at radius 1 is 1.10 bits per heavy atom. The lowest BCUT2D eigenvalue weighted by molar-refractivity contribution is 0.0244. The van der Waals surface area contributed by atoms with Crippen LogP contribution in [-0.4, -0.2) is 54.0 Å². The molecule has 0 amide bonds. The highest BCUT2D eigenvalue weighted by molar-refractivity contribution is 5.86. The van der Waals surface area contributed by atoms with Crippen molar-refractivity contribution >= 4 is 16.9 Å². The van der Waals surface area contributed by atoms with Crippen molar-refractivity contribution in [3.05, 3.63) is 18.0 Å². The number of pyridine rings is 1. The highest BCUT2D eigenvalue weighted by Crippen LogP contribution is 2.37. The zero-order valence-corrected chi connectivity index (χ0v) is 17.5. The number of aromatic nitrogens is 3. The standard InChI is InChI=1S/C22H32N4O3/c1-15(14-27-2)25-22-24-13-19-20(26-22)18(16-6-4-3-5-7-16)12-23-21(19)29-17-8-10-28-11-9-17/h12-13,15-17H,3-11,14H2,1-2H3,(H,24,25,26)/t15-/m1/s1. The Bertz CT molecular complexity index is 804. The molecule has 1 saturated carbocycles. The number of rotatable bonds is 7. The molecule has 3 heterocycles. The van der Waals surface area contributed by atoms with Crippen LogP contribution in [-0.2, 0) is 9.47 Å². The number of ether oxygens (including phenoxy) is 3. The summed E-state index contributed by atoms with van der Waals surface area (Å²) in [6.45, 7) is 4.14. The van der Waals surface area contributed by atoms with E-state index < -0.39 is 0 Å². The number of hydrogen-bond acceptors (Lipinski definition) is 7. The first-order valence-corrected chi connectivity index (χ1v) is 10.9. The Balaban J connectivity index is 1.67. The maximum absolute atomic E-state index is 6.26. The van der Waals surface area contributed by atoms with Crippen LogP contribution in [0.5, 0.6) is 5.88 Å². The highest BCUT2D eigenvalue weighted by Gasteiger charge is 2.23. The van der Waals surface area contributed by atoms with E-state index in [0.717, 1.165) is 37.0 Å². The van der Waals surface area contributed by atoms with Crippen molar-refractivity contribution in [2.24, 2.45) is 0 Å². The van der Waals surface area contributed by atoms with Gasteiger partial charge in [0.15, 0.2) is 0 Å². The highest BCUT2D eigenvalue weighted by atomic mass is 16.5. The lowest BCUT2D eigenvalue weighted by atomic mass is 9.84. The summed E-state index contributed by atoms with van der Waals surface area (Å²) in [6, 6.07) is 0.135. The predicted octanol–water partition coefficient (Wildman–Crippen LogP) is 4.08. The second kappa shape index (κ2) is 9.67. The summed E-state index contributed by atoms with van der Waals surface area (Å²) in [6.07, 6.45) is 12.0. The van der Waals surface area contributed by atoms with Gasteiger partial charge in [-0.25, -0.2) is 15.0 Å². The molecular weight excluding hydrogens is 368 g/mol. The van der Waals surface area contributed by atoms with E-state index >= 15 is 0 Å². The fourth-order valence-corrected chi connectivity index (χ4v) is 4.36. The van der Waals surface area contributed by atoms with Crippen molar-refractivity contribution in [3.63, 3.8) is 0 Å². The molecule has 158 valence electrons. The van der Waals surface area contributed by atoms with E-state index in [1.807, 2.05) is 12.4 Å². The van der Waals surface area contributed by atoms with Crippen LogP contribution in [0, 0.1) is 0 Å². The molecule has 1 saturated heterocycles. The third-order valence-electron chi connectivity index (χ3n) is 5.90. The zero-order chi connectivity index (χ0) is 20.1. The predicted molar refractivity (Wildman–Crippen MR) is 113 cm³/mol. The van der Waals surface area contributed by atoms with Crippen LogP contribution in [0.25, 0.3) is 10.9 Å². The first-order valence-electron chi connectivity index (χ1n) is 10.9. The normalized spacial score (nSPS) is 19.9. The molecule has 4 rings (SSSR count). The van der Waals surface area contributed by atoms with Gasteiger partial charge in [-0.05, 0) is 25.7 Å². The molecule has 29 heavy (non-hydrogen) atoms. The van der Waals surface area contributed by atoms with E-state index in [9.17, 15) is 0 Å². The van der Waals surface area contributed by atoms with E-state index in [2.05, 4.69) is 17.2 Å². The van der Waals surface area contributed by atoms with Crippen LogP contribution in [0.3, 0.4) is 0 Å². The summed E-state index contributed by atoms with van der Waals surface area (Å²) in [7, 11) is 1.70. The molecule has 2 aliphatic rings. The van der Waals surface area contributed by atoms with Crippen LogP contribution in [0.15, 0.2) is 12.4 Å². The van der Waals surface area contributed by atoms with Gasteiger partial charge in [0, 0.05) is 44.0 Å². The second-order valence-corrected chi connectivity index (χ2v) is 8.24. The molecule has 1 aliphatic heterocycles. The summed E-state index contributed by atoms with van der Waals surface area (Å²) >= 11 is 0. The fraction of sp³-hybridized carbons (Fsp3) is 0.682. The van der Waals surface area contributed by atoms with Gasteiger partial charge in [0.2, 0.25) is 11.8 Å². The molecule has 2 fully saturated rings. The third kappa shape index (κ3) is 4.95. The Labute approximate surface area is 172 Å². The minimum absolute atomic E-state index is 0.135. The molecule has 0 unspecified atom stereocenters. The van der Waals surface area contributed by atoms with Crippen LogP contribution >= 0.6 is 0 Å². The minimum Gasteiger partial charge on any atom is -0.474 e. The summed E-state index contributed by atoms with van der Waals surface area (Å²) < 4.78 is 16.9. The van der Waals surface area contributed by atoms with Crippen molar-refractivity contribution in [1.29, 1.82) is 0 Å². The van der Waals surface area contributed by atoms with Gasteiger partial charge in [-0.2, -0.15) is 0 Å². The van der Waals surface area contributed by atoms with Crippen molar-refractivity contribution in [2.75, 3.05) is 32.2 Å². The van der Waals surface area contributed by atoms with Crippen LogP contribution in [0.4, 0.5) is 5.95 Å². The maximum atomic E-state index is 6.26. The van der Waals surface area contributed by atoms with Gasteiger partial charge in [0.05, 0.1) is 30.7 Å². The average molecular weight is 401 g/mol. The molecule has 1 aliphatic carbocycles. The van der Waals surface area contributed by atoms with Crippen molar-refractivity contribution in [1.82, 2.24) is 15.0 Å². The molecule has 0 aromatic carbocycles. The van der Waals surface area contributed by atoms with Crippen LogP contribution < -0.4 is 10.1 Å². The van der Waals surface area contributed by atoms with Crippen LogP contribution in [0.1, 0.15) is 63.4 Å². The number of anilines is 1. The molecule has 1 atom stereocenters. The third-order valence-corrected chi connectivity index (χ3v) is 5.90. The summed E-state index contributed by atoms with van der Waals surface area (Å²) in [5.74, 6) is 1.78. The number of fused-ring (bicyclic) bond motifs is 1. The number of hydrogen-bond donors (Lipinski definition) is 1. The maximum Gasteiger partial charge on any atom is 0.224 e. The van der Waals surface area contributed by atoms with Gasteiger partial charge in [0.25, 0.3) is 0 Å². The summed E-state index contributed by atoms with van der Waals surface area (Å²) in [4.78, 5) is 14.2. The lowest BCUT2D eigenvalue weighted by Crippen LogP contribution is -2.26. The molecule has 0 spiro atoms. The fourth-order valence-electron chi connectivity index (χ4n) is 4.36. The van der Waals surface area contributed by atoms with Crippen LogP contribution in [0.2, 0.25) is 0 Å². The minimum atomic E-state index is 0.135. The van der Waals surface area contributed by atoms with Gasteiger partial charge in [-0.15, -0.1) is 0 Å². The Morgan fingerprint density at radius 2 is 1.90 bits per heavy atom. The smallest absolute Gasteiger partial charge is 0.224 e. The average Bonchev–Trinajstić information content (AvgIpc) is 2.75.